The molecule has 0 radical (unpaired) electrons. The van der Waals surface area contributed by atoms with E-state index in [0.717, 1.165) is 27.8 Å². The van der Waals surface area contributed by atoms with Crippen molar-refractivity contribution in [2.75, 3.05) is 0 Å². The molecule has 0 saturated carbocycles. The maximum Gasteiger partial charge on any atom is 0.193 e. The molecule has 56 heavy (non-hydrogen) atoms. The van der Waals surface area contributed by atoms with Crippen LogP contribution >= 0.6 is 0 Å². The van der Waals surface area contributed by atoms with E-state index in [-0.39, 0.29) is 24.3 Å². The Kier molecular flexibility index (Phi) is 16.0. The number of para-hydroxylation sites is 2. The third kappa shape index (κ3) is 14.3. The molecular weight excluding hydrogens is 705 g/mol. The monoisotopic (exact) mass is 750 g/mol. The Hall–Kier alpha value is -6.68. The van der Waals surface area contributed by atoms with Gasteiger partial charge < -0.3 is 40.9 Å². The van der Waals surface area contributed by atoms with Crippen LogP contribution in [0.25, 0.3) is 22.3 Å². The third-order valence-corrected chi connectivity index (χ3v) is 8.16. The van der Waals surface area contributed by atoms with Crippen LogP contribution in [-0.2, 0) is 0 Å². The molecular formula is C48H46O8. The SMILES string of the molecule is OC1(O)C=CC(c2ccccc2)=CC1.OC1(O)CC=CC=C1c1ccccc1.Oc1ccc(-c2ccccc2)c(O)c1.Oc1ccccc1.Oc1ccccc1. The van der Waals surface area contributed by atoms with Crippen molar-refractivity contribution in [2.24, 2.45) is 0 Å². The Morgan fingerprint density at radius 2 is 0.911 bits per heavy atom. The van der Waals surface area contributed by atoms with Gasteiger partial charge in [0.2, 0.25) is 0 Å². The lowest BCUT2D eigenvalue weighted by molar-refractivity contribution is -0.114. The van der Waals surface area contributed by atoms with Gasteiger partial charge in [-0.1, -0.05) is 158 Å². The standard InChI is InChI=1S/2C12H12O2.C12H10O2.2C6H6O/c13-12(14)9-5-4-8-11(12)10-6-2-1-3-7-10;13-12(14)8-6-11(7-9-12)10-4-2-1-3-5-10;13-10-6-7-11(12(14)8-10)9-4-2-1-3-5-9;2*7-6-4-2-1-3-5-6/h2*1-8,13-14H,9H2;1-8,13-14H;2*1-5,7H. The summed E-state index contributed by atoms with van der Waals surface area (Å²) in [6, 6.07) is 50.8. The summed E-state index contributed by atoms with van der Waals surface area (Å²) < 4.78 is 0. The Morgan fingerprint density at radius 1 is 0.446 bits per heavy atom. The van der Waals surface area contributed by atoms with Crippen LogP contribution in [0, 0.1) is 0 Å². The molecule has 0 bridgehead atoms. The van der Waals surface area contributed by atoms with Crippen molar-refractivity contribution in [3.63, 3.8) is 0 Å². The highest BCUT2D eigenvalue weighted by atomic mass is 16.5. The van der Waals surface area contributed by atoms with E-state index in [4.69, 9.17) is 15.3 Å². The number of phenols is 4. The second kappa shape index (κ2) is 21.3. The quantitative estimate of drug-likeness (QED) is 0.0832. The van der Waals surface area contributed by atoms with E-state index in [1.165, 1.54) is 12.1 Å². The van der Waals surface area contributed by atoms with Gasteiger partial charge >= 0.3 is 0 Å². The van der Waals surface area contributed by atoms with Crippen LogP contribution in [0.1, 0.15) is 24.0 Å². The zero-order chi connectivity index (χ0) is 40.2. The molecule has 8 rings (SSSR count). The molecule has 0 aromatic heterocycles. The lowest BCUT2D eigenvalue weighted by atomic mass is 9.92. The smallest absolute Gasteiger partial charge is 0.193 e. The largest absolute Gasteiger partial charge is 0.508 e. The van der Waals surface area contributed by atoms with Crippen LogP contribution in [0.5, 0.6) is 23.0 Å². The van der Waals surface area contributed by atoms with E-state index in [1.807, 2.05) is 115 Å². The second-order valence-corrected chi connectivity index (χ2v) is 12.6. The summed E-state index contributed by atoms with van der Waals surface area (Å²) >= 11 is 0. The normalized spacial score (nSPS) is 14.2. The van der Waals surface area contributed by atoms with Gasteiger partial charge in [-0.2, -0.15) is 0 Å². The van der Waals surface area contributed by atoms with E-state index in [0.29, 0.717) is 17.1 Å². The Labute approximate surface area is 327 Å². The zero-order valence-corrected chi connectivity index (χ0v) is 30.6. The number of benzene rings is 6. The van der Waals surface area contributed by atoms with Gasteiger partial charge in [0.05, 0.1) is 0 Å². The minimum absolute atomic E-state index is 0.0715. The van der Waals surface area contributed by atoms with Crippen molar-refractivity contribution in [1.82, 2.24) is 0 Å². The molecule has 2 aliphatic carbocycles. The average molecular weight is 751 g/mol. The van der Waals surface area contributed by atoms with Crippen LogP contribution < -0.4 is 0 Å². The summed E-state index contributed by atoms with van der Waals surface area (Å²) in [5, 5.41) is 73.9. The number of rotatable bonds is 3. The molecule has 0 spiro atoms. The third-order valence-electron chi connectivity index (χ3n) is 8.16. The predicted octanol–water partition coefficient (Wildman–Crippen LogP) is 8.97. The maximum atomic E-state index is 9.72. The van der Waals surface area contributed by atoms with Gasteiger partial charge in [0.25, 0.3) is 0 Å². The first-order valence-corrected chi connectivity index (χ1v) is 17.8. The van der Waals surface area contributed by atoms with Gasteiger partial charge in [-0.05, 0) is 64.7 Å². The minimum atomic E-state index is -1.73. The second-order valence-electron chi connectivity index (χ2n) is 12.6. The molecule has 0 fully saturated rings. The highest BCUT2D eigenvalue weighted by molar-refractivity contribution is 5.75. The molecule has 0 atom stereocenters. The van der Waals surface area contributed by atoms with Crippen molar-refractivity contribution in [2.45, 2.75) is 24.4 Å². The number of hydrogen-bond acceptors (Lipinski definition) is 8. The predicted molar refractivity (Wildman–Crippen MR) is 222 cm³/mol. The fourth-order valence-corrected chi connectivity index (χ4v) is 5.29. The first-order chi connectivity index (χ1) is 26.9. The molecule has 0 saturated heterocycles. The maximum absolute atomic E-state index is 9.72. The van der Waals surface area contributed by atoms with E-state index in [1.54, 1.807) is 78.9 Å². The summed E-state index contributed by atoms with van der Waals surface area (Å²) in [6.07, 6.45) is 10.8. The van der Waals surface area contributed by atoms with Gasteiger partial charge in [-0.25, -0.2) is 0 Å². The zero-order valence-electron chi connectivity index (χ0n) is 30.6. The van der Waals surface area contributed by atoms with E-state index in [9.17, 15) is 25.5 Å². The molecule has 8 nitrogen and oxygen atoms in total. The number of aliphatic hydroxyl groups is 4. The molecule has 8 heteroatoms. The van der Waals surface area contributed by atoms with Crippen molar-refractivity contribution < 1.29 is 40.9 Å². The Morgan fingerprint density at radius 3 is 1.32 bits per heavy atom. The van der Waals surface area contributed by atoms with Crippen molar-refractivity contribution in [3.05, 3.63) is 217 Å². The van der Waals surface area contributed by atoms with E-state index >= 15 is 0 Å². The average Bonchev–Trinajstić information content (AvgIpc) is 3.20. The molecule has 2 aliphatic rings. The molecule has 6 aromatic rings. The summed E-state index contributed by atoms with van der Waals surface area (Å²) in [5.74, 6) is -2.59. The van der Waals surface area contributed by atoms with Crippen LogP contribution in [0.2, 0.25) is 0 Å². The number of allylic oxidation sites excluding steroid dienone is 4. The fourth-order valence-electron chi connectivity index (χ4n) is 5.29. The van der Waals surface area contributed by atoms with Crippen molar-refractivity contribution >= 4 is 11.1 Å². The first kappa shape index (κ1) is 42.1. The van der Waals surface area contributed by atoms with Crippen LogP contribution in [-0.4, -0.2) is 52.4 Å². The summed E-state index contributed by atoms with van der Waals surface area (Å²) in [4.78, 5) is 0. The Balaban J connectivity index is 0.000000160. The van der Waals surface area contributed by atoms with Gasteiger partial charge in [0.15, 0.2) is 11.6 Å². The Bertz CT molecular complexity index is 2120. The van der Waals surface area contributed by atoms with Crippen molar-refractivity contribution in [3.8, 4) is 34.1 Å². The lowest BCUT2D eigenvalue weighted by Gasteiger charge is -2.26. The van der Waals surface area contributed by atoms with E-state index < -0.39 is 11.6 Å². The molecule has 286 valence electrons. The van der Waals surface area contributed by atoms with Gasteiger partial charge in [0.1, 0.15) is 23.0 Å². The fraction of sp³-hybridized carbons (Fsp3) is 0.0833. The van der Waals surface area contributed by atoms with E-state index in [2.05, 4.69) is 0 Å². The highest BCUT2D eigenvalue weighted by Gasteiger charge is 2.29. The van der Waals surface area contributed by atoms with Gasteiger partial charge in [-0.3, -0.25) is 0 Å². The minimum Gasteiger partial charge on any atom is -0.508 e. The molecule has 0 aliphatic heterocycles. The molecule has 6 aromatic carbocycles. The topological polar surface area (TPSA) is 162 Å². The van der Waals surface area contributed by atoms with Crippen LogP contribution in [0.15, 0.2) is 206 Å². The molecule has 0 amide bonds. The summed E-state index contributed by atoms with van der Waals surface area (Å²) in [7, 11) is 0. The molecule has 8 N–H and O–H groups in total. The summed E-state index contributed by atoms with van der Waals surface area (Å²) in [5.41, 5.74) is 5.19. The highest BCUT2D eigenvalue weighted by Crippen LogP contribution is 2.32. The number of phenolic OH excluding ortho intramolecular Hbond substituents is 4. The van der Waals surface area contributed by atoms with Gasteiger partial charge in [0, 0.05) is 30.0 Å². The first-order valence-electron chi connectivity index (χ1n) is 17.8. The van der Waals surface area contributed by atoms with Gasteiger partial charge in [-0.15, -0.1) is 0 Å². The number of hydrogen-bond donors (Lipinski definition) is 8. The van der Waals surface area contributed by atoms with Crippen LogP contribution in [0.3, 0.4) is 0 Å². The van der Waals surface area contributed by atoms with Crippen LogP contribution in [0.4, 0.5) is 0 Å². The summed E-state index contributed by atoms with van der Waals surface area (Å²) in [6.45, 7) is 0. The molecule has 0 heterocycles. The molecule has 0 unspecified atom stereocenters. The number of aromatic hydroxyl groups is 4. The van der Waals surface area contributed by atoms with Crippen molar-refractivity contribution in [1.29, 1.82) is 0 Å². The lowest BCUT2D eigenvalue weighted by Crippen LogP contribution is -2.30.